The number of rotatable bonds is 6. The summed E-state index contributed by atoms with van der Waals surface area (Å²) in [5.41, 5.74) is 4.51. The minimum Gasteiger partial charge on any atom is -0.490 e. The molecule has 1 aromatic carbocycles. The minimum atomic E-state index is -1.33. The van der Waals surface area contributed by atoms with Gasteiger partial charge in [-0.1, -0.05) is 0 Å². The fourth-order valence-corrected chi connectivity index (χ4v) is 8.13. The summed E-state index contributed by atoms with van der Waals surface area (Å²) in [6.45, 7) is 13.7. The Bertz CT molecular complexity index is 1850. The van der Waals surface area contributed by atoms with Gasteiger partial charge in [-0.2, -0.15) is 9.36 Å². The van der Waals surface area contributed by atoms with E-state index in [9.17, 15) is 9.90 Å². The highest BCUT2D eigenvalue weighted by molar-refractivity contribution is 7.09. The Hall–Kier alpha value is -3.61. The third-order valence-electron chi connectivity index (χ3n) is 9.57. The maximum Gasteiger partial charge on any atom is 0.337 e. The molecule has 10 nitrogen and oxygen atoms in total. The van der Waals surface area contributed by atoms with Crippen LogP contribution in [0.4, 0.5) is 10.3 Å². The van der Waals surface area contributed by atoms with Crippen molar-refractivity contribution in [3.05, 3.63) is 40.3 Å². The summed E-state index contributed by atoms with van der Waals surface area (Å²) in [5, 5.41) is 12.0. The van der Waals surface area contributed by atoms with Crippen LogP contribution in [0.2, 0.25) is 0 Å². The van der Waals surface area contributed by atoms with Crippen molar-refractivity contribution in [3.8, 4) is 27.6 Å². The molecule has 2 saturated heterocycles. The number of ether oxygens (including phenoxy) is 2. The molecule has 2 atom stereocenters. The summed E-state index contributed by atoms with van der Waals surface area (Å²) in [6.07, 6.45) is 2.58. The lowest BCUT2D eigenvalue weighted by Crippen LogP contribution is -2.50. The molecule has 0 bridgehead atoms. The van der Waals surface area contributed by atoms with Gasteiger partial charge in [-0.05, 0) is 102 Å². The lowest BCUT2D eigenvalue weighted by Gasteiger charge is -2.36. The van der Waals surface area contributed by atoms with Gasteiger partial charge in [0.2, 0.25) is 5.95 Å². The molecule has 6 heterocycles. The Morgan fingerprint density at radius 1 is 1.17 bits per heavy atom. The van der Waals surface area contributed by atoms with Crippen LogP contribution in [-0.4, -0.2) is 79.3 Å². The van der Waals surface area contributed by atoms with Crippen molar-refractivity contribution in [2.75, 3.05) is 37.7 Å². The maximum atomic E-state index is 15.8. The summed E-state index contributed by atoms with van der Waals surface area (Å²) in [6, 6.07) is 4.02. The Balaban J connectivity index is 1.42. The number of aliphatic carboxylic acids is 1. The van der Waals surface area contributed by atoms with Crippen LogP contribution in [0.3, 0.4) is 0 Å². The number of benzene rings is 1. The number of hydrogen-bond donors (Lipinski definition) is 1. The lowest BCUT2D eigenvalue weighted by atomic mass is 9.86. The largest absolute Gasteiger partial charge is 0.490 e. The molecular formula is C34H41FN6O4S. The van der Waals surface area contributed by atoms with E-state index in [-0.39, 0.29) is 5.75 Å². The van der Waals surface area contributed by atoms with Crippen molar-refractivity contribution >= 4 is 34.5 Å². The molecule has 0 amide bonds. The number of carboxylic acids is 1. The molecule has 0 spiro atoms. The van der Waals surface area contributed by atoms with Crippen molar-refractivity contribution in [2.45, 2.75) is 78.0 Å². The van der Waals surface area contributed by atoms with Gasteiger partial charge in [0.25, 0.3) is 0 Å². The molecule has 2 fully saturated rings. The number of aromatic nitrogens is 4. The van der Waals surface area contributed by atoms with Gasteiger partial charge < -0.3 is 24.0 Å². The molecule has 1 N–H and O–H groups in total. The summed E-state index contributed by atoms with van der Waals surface area (Å²) in [7, 11) is 1.93. The first-order valence-electron chi connectivity index (χ1n) is 16.1. The van der Waals surface area contributed by atoms with Crippen LogP contribution in [0.25, 0.3) is 32.9 Å². The van der Waals surface area contributed by atoms with Crippen molar-refractivity contribution in [2.24, 2.45) is 7.05 Å². The van der Waals surface area contributed by atoms with Gasteiger partial charge in [0, 0.05) is 60.5 Å². The topological polar surface area (TPSA) is 106 Å². The average Bonchev–Trinajstić information content (AvgIpc) is 3.76. The third kappa shape index (κ3) is 5.33. The molecule has 4 aromatic rings. The zero-order chi connectivity index (χ0) is 32.5. The highest BCUT2D eigenvalue weighted by Gasteiger charge is 2.35. The van der Waals surface area contributed by atoms with Crippen LogP contribution >= 0.6 is 11.5 Å². The summed E-state index contributed by atoms with van der Waals surface area (Å²) < 4.78 is 34.4. The van der Waals surface area contributed by atoms with E-state index in [1.165, 1.54) is 37.0 Å². The molecule has 0 unspecified atom stereocenters. The van der Waals surface area contributed by atoms with Gasteiger partial charge in [0.15, 0.2) is 22.7 Å². The summed E-state index contributed by atoms with van der Waals surface area (Å²) in [5.74, 6) is -0.573. The van der Waals surface area contributed by atoms with Crippen LogP contribution < -0.4 is 9.64 Å². The SMILES string of the molecule is Cc1nc2c(cc(-c3nc(N4CCN5CCC[C@H]5C4)ns3)n2C)c(-c2cc(F)c3c(c2C)CCCO3)c1[C@H](OC(C)(C)C)C(=O)O. The Kier molecular flexibility index (Phi) is 7.80. The molecule has 3 aliphatic rings. The highest BCUT2D eigenvalue weighted by atomic mass is 32.1. The first-order valence-corrected chi connectivity index (χ1v) is 16.9. The molecular weight excluding hydrogens is 607 g/mol. The fraction of sp³-hybridized carbons (Fsp3) is 0.529. The van der Waals surface area contributed by atoms with E-state index in [1.807, 2.05) is 45.4 Å². The molecule has 3 aromatic heterocycles. The maximum absolute atomic E-state index is 15.8. The second kappa shape index (κ2) is 11.6. The second-order valence-electron chi connectivity index (χ2n) is 13.7. The first kappa shape index (κ1) is 31.0. The number of aryl methyl sites for hydroxylation is 2. The molecule has 0 radical (unpaired) electrons. The number of anilines is 1. The number of carboxylic acid groups (broad SMARTS) is 1. The van der Waals surface area contributed by atoms with Crippen LogP contribution in [0.1, 0.15) is 68.5 Å². The zero-order valence-electron chi connectivity index (χ0n) is 27.3. The predicted octanol–water partition coefficient (Wildman–Crippen LogP) is 6.06. The van der Waals surface area contributed by atoms with E-state index in [0.29, 0.717) is 52.5 Å². The Morgan fingerprint density at radius 2 is 1.98 bits per heavy atom. The van der Waals surface area contributed by atoms with Gasteiger partial charge in [0.05, 0.1) is 17.9 Å². The number of hydrogen-bond acceptors (Lipinski definition) is 9. The molecule has 46 heavy (non-hydrogen) atoms. The number of halogens is 1. The van der Waals surface area contributed by atoms with Crippen LogP contribution in [0, 0.1) is 19.7 Å². The number of fused-ring (bicyclic) bond motifs is 3. The Labute approximate surface area is 272 Å². The predicted molar refractivity (Wildman–Crippen MR) is 176 cm³/mol. The van der Waals surface area contributed by atoms with E-state index in [0.717, 1.165) is 53.8 Å². The number of piperazine rings is 1. The van der Waals surface area contributed by atoms with Crippen molar-refractivity contribution in [1.82, 2.24) is 23.8 Å². The van der Waals surface area contributed by atoms with Crippen molar-refractivity contribution in [3.63, 3.8) is 0 Å². The van der Waals surface area contributed by atoms with Crippen LogP contribution in [0.15, 0.2) is 12.1 Å². The molecule has 12 heteroatoms. The highest BCUT2D eigenvalue weighted by Crippen LogP contribution is 2.46. The average molecular weight is 649 g/mol. The summed E-state index contributed by atoms with van der Waals surface area (Å²) >= 11 is 1.34. The van der Waals surface area contributed by atoms with E-state index < -0.39 is 23.5 Å². The van der Waals surface area contributed by atoms with E-state index >= 15 is 4.39 Å². The van der Waals surface area contributed by atoms with Crippen LogP contribution in [0.5, 0.6) is 5.75 Å². The minimum absolute atomic E-state index is 0.283. The Morgan fingerprint density at radius 3 is 2.74 bits per heavy atom. The van der Waals surface area contributed by atoms with Crippen molar-refractivity contribution < 1.29 is 23.8 Å². The third-order valence-corrected chi connectivity index (χ3v) is 10.3. The first-order chi connectivity index (χ1) is 21.9. The standard InChI is InChI=1S/C34H41FN6O4S/c1-18-21-10-8-14-44-28(21)24(35)15-22(18)27-23-16-25(31-37-33(38-46-31)41-13-12-40-11-7-9-20(40)17-41)39(6)30(23)36-19(2)26(27)29(32(42)43)45-34(3,4)5/h15-16,20,29H,7-14,17H2,1-6H3,(H,42,43)/t20-,29-/m0/s1. The normalized spacial score (nSPS) is 19.3. The van der Waals surface area contributed by atoms with E-state index in [4.69, 9.17) is 23.8 Å². The second-order valence-corrected chi connectivity index (χ2v) is 14.5. The number of carbonyl (C=O) groups is 1. The van der Waals surface area contributed by atoms with Gasteiger partial charge in [-0.25, -0.2) is 14.2 Å². The molecule has 0 saturated carbocycles. The monoisotopic (exact) mass is 648 g/mol. The number of nitrogens with zero attached hydrogens (tertiary/aromatic N) is 6. The quantitative estimate of drug-likeness (QED) is 0.267. The fourth-order valence-electron chi connectivity index (χ4n) is 7.40. The van der Waals surface area contributed by atoms with E-state index in [1.54, 1.807) is 6.92 Å². The molecule has 7 rings (SSSR count). The lowest BCUT2D eigenvalue weighted by molar-refractivity contribution is -0.160. The summed E-state index contributed by atoms with van der Waals surface area (Å²) in [4.78, 5) is 27.7. The molecule has 244 valence electrons. The van der Waals surface area contributed by atoms with Gasteiger partial charge in [-0.3, -0.25) is 4.90 Å². The molecule has 0 aliphatic carbocycles. The van der Waals surface area contributed by atoms with E-state index in [2.05, 4.69) is 9.80 Å². The van der Waals surface area contributed by atoms with Crippen molar-refractivity contribution in [1.29, 1.82) is 0 Å². The smallest absolute Gasteiger partial charge is 0.337 e. The van der Waals surface area contributed by atoms with Gasteiger partial charge in [0.1, 0.15) is 5.65 Å². The zero-order valence-corrected chi connectivity index (χ0v) is 28.1. The van der Waals surface area contributed by atoms with Gasteiger partial charge in [-0.15, -0.1) is 0 Å². The van der Waals surface area contributed by atoms with Gasteiger partial charge >= 0.3 is 5.97 Å². The van der Waals surface area contributed by atoms with Crippen LogP contribution in [-0.2, 0) is 23.0 Å². The number of pyridine rings is 1. The molecule has 3 aliphatic heterocycles.